The first kappa shape index (κ1) is 28.3. The van der Waals surface area contributed by atoms with Gasteiger partial charge in [0.2, 0.25) is 0 Å². The van der Waals surface area contributed by atoms with E-state index in [0.29, 0.717) is 0 Å². The average molecular weight is 614 g/mol. The Kier molecular flexibility index (Phi) is 6.55. The topological polar surface area (TPSA) is 3.24 Å². The highest BCUT2D eigenvalue weighted by molar-refractivity contribution is 6.08. The number of hydrogen-bond donors (Lipinski definition) is 0. The van der Waals surface area contributed by atoms with Gasteiger partial charge in [0.1, 0.15) is 0 Å². The molecule has 228 valence electrons. The van der Waals surface area contributed by atoms with Gasteiger partial charge in [0.05, 0.1) is 5.69 Å². The van der Waals surface area contributed by atoms with Crippen LogP contribution in [0.4, 0.5) is 17.1 Å². The lowest BCUT2D eigenvalue weighted by Crippen LogP contribution is -2.16. The summed E-state index contributed by atoms with van der Waals surface area (Å²) in [6.45, 7) is 4.71. The Morgan fingerprint density at radius 3 is 1.83 bits per heavy atom. The van der Waals surface area contributed by atoms with E-state index in [1.807, 2.05) is 0 Å². The molecule has 1 nitrogen and oxygen atoms in total. The summed E-state index contributed by atoms with van der Waals surface area (Å²) in [7, 11) is 0. The molecule has 0 atom stereocenters. The zero-order chi connectivity index (χ0) is 32.2. The van der Waals surface area contributed by atoms with Crippen LogP contribution in [0.3, 0.4) is 0 Å². The molecule has 48 heavy (non-hydrogen) atoms. The first-order valence-corrected chi connectivity index (χ1v) is 16.8. The third kappa shape index (κ3) is 4.54. The molecule has 1 heteroatoms. The van der Waals surface area contributed by atoms with Crippen molar-refractivity contribution in [2.24, 2.45) is 0 Å². The van der Waals surface area contributed by atoms with Crippen LogP contribution in [0.15, 0.2) is 176 Å². The van der Waals surface area contributed by atoms with Gasteiger partial charge in [-0.1, -0.05) is 153 Å². The van der Waals surface area contributed by atoms with Crippen LogP contribution >= 0.6 is 0 Å². The fraction of sp³-hybridized carbons (Fsp3) is 0.0638. The minimum absolute atomic E-state index is 0.0919. The highest BCUT2D eigenvalue weighted by Crippen LogP contribution is 2.51. The van der Waals surface area contributed by atoms with E-state index in [0.717, 1.165) is 17.1 Å². The summed E-state index contributed by atoms with van der Waals surface area (Å²) in [5, 5.41) is 5.08. The summed E-state index contributed by atoms with van der Waals surface area (Å²) >= 11 is 0. The monoisotopic (exact) mass is 613 g/mol. The number of fused-ring (bicyclic) bond motifs is 6. The molecular weight excluding hydrogens is 579 g/mol. The molecule has 0 heterocycles. The van der Waals surface area contributed by atoms with Crippen LogP contribution in [0, 0.1) is 0 Å². The average Bonchev–Trinajstić information content (AvgIpc) is 3.38. The lowest BCUT2D eigenvalue weighted by Gasteiger charge is -2.30. The normalized spacial score (nSPS) is 13.0. The van der Waals surface area contributed by atoms with Crippen LogP contribution in [-0.4, -0.2) is 0 Å². The molecule has 0 amide bonds. The first-order valence-electron chi connectivity index (χ1n) is 16.8. The number of rotatable bonds is 5. The van der Waals surface area contributed by atoms with Crippen LogP contribution in [0.2, 0.25) is 0 Å². The van der Waals surface area contributed by atoms with E-state index in [2.05, 4.69) is 195 Å². The quantitative estimate of drug-likeness (QED) is 0.175. The van der Waals surface area contributed by atoms with E-state index in [1.165, 1.54) is 66.1 Å². The van der Waals surface area contributed by atoms with Gasteiger partial charge in [-0.3, -0.25) is 0 Å². The second kappa shape index (κ2) is 11.1. The molecule has 0 radical (unpaired) electrons. The lowest BCUT2D eigenvalue weighted by molar-refractivity contribution is 0.660. The van der Waals surface area contributed by atoms with Crippen molar-refractivity contribution in [3.05, 3.63) is 187 Å². The number of anilines is 3. The van der Waals surface area contributed by atoms with E-state index in [1.54, 1.807) is 0 Å². The molecule has 1 aliphatic rings. The maximum atomic E-state index is 2.44. The molecule has 0 spiro atoms. The Bertz CT molecular complexity index is 2470. The molecule has 0 aliphatic heterocycles. The Morgan fingerprint density at radius 1 is 0.375 bits per heavy atom. The van der Waals surface area contributed by atoms with E-state index in [9.17, 15) is 0 Å². The smallest absolute Gasteiger partial charge is 0.0540 e. The first-order chi connectivity index (χ1) is 23.6. The fourth-order valence-electron chi connectivity index (χ4n) is 7.79. The van der Waals surface area contributed by atoms with Gasteiger partial charge in [0.15, 0.2) is 0 Å². The van der Waals surface area contributed by atoms with Gasteiger partial charge in [-0.2, -0.15) is 0 Å². The summed E-state index contributed by atoms with van der Waals surface area (Å²) in [5.74, 6) is 0. The molecule has 8 aromatic rings. The molecule has 0 saturated carbocycles. The Hall–Kier alpha value is -5.92. The third-order valence-electron chi connectivity index (χ3n) is 10.3. The van der Waals surface area contributed by atoms with Crippen molar-refractivity contribution in [2.75, 3.05) is 4.90 Å². The largest absolute Gasteiger partial charge is 0.310 e. The van der Waals surface area contributed by atoms with E-state index < -0.39 is 0 Å². The molecule has 8 aromatic carbocycles. The Labute approximate surface area is 282 Å². The van der Waals surface area contributed by atoms with Crippen molar-refractivity contribution in [3.8, 4) is 33.4 Å². The number of benzene rings is 8. The summed E-state index contributed by atoms with van der Waals surface area (Å²) in [4.78, 5) is 2.44. The lowest BCUT2D eigenvalue weighted by atomic mass is 9.82. The molecule has 0 fully saturated rings. The third-order valence-corrected chi connectivity index (χ3v) is 10.3. The minimum atomic E-state index is -0.0919. The van der Waals surface area contributed by atoms with Crippen molar-refractivity contribution < 1.29 is 0 Å². The Balaban J connectivity index is 1.22. The van der Waals surface area contributed by atoms with Crippen LogP contribution in [0.25, 0.3) is 54.9 Å². The molecule has 0 aromatic heterocycles. The van der Waals surface area contributed by atoms with Gasteiger partial charge in [0.25, 0.3) is 0 Å². The van der Waals surface area contributed by atoms with Crippen molar-refractivity contribution >= 4 is 38.6 Å². The summed E-state index contributed by atoms with van der Waals surface area (Å²) < 4.78 is 0. The summed E-state index contributed by atoms with van der Waals surface area (Å²) in [6.07, 6.45) is 0. The number of nitrogens with zero attached hydrogens (tertiary/aromatic N) is 1. The summed E-state index contributed by atoms with van der Waals surface area (Å²) in [6, 6.07) is 64.4. The van der Waals surface area contributed by atoms with Crippen LogP contribution in [0.1, 0.15) is 25.0 Å². The molecular formula is C47H35N. The van der Waals surface area contributed by atoms with E-state index >= 15 is 0 Å². The molecule has 0 bridgehead atoms. The van der Waals surface area contributed by atoms with E-state index in [4.69, 9.17) is 0 Å². The van der Waals surface area contributed by atoms with Gasteiger partial charge in [-0.05, 0) is 96.9 Å². The maximum Gasteiger partial charge on any atom is 0.0540 e. The number of hydrogen-bond acceptors (Lipinski definition) is 1. The highest BCUT2D eigenvalue weighted by Gasteiger charge is 2.35. The van der Waals surface area contributed by atoms with Crippen molar-refractivity contribution in [1.82, 2.24) is 0 Å². The van der Waals surface area contributed by atoms with Gasteiger partial charge < -0.3 is 4.90 Å². The SMILES string of the molecule is CC1(C)c2ccccc2-c2ccc(N(c3ccc(-c4ccccc4)cc3)c3ccccc3-c3ccc4c(ccc5ccccc54)c3)cc21. The van der Waals surface area contributed by atoms with Crippen LogP contribution < -0.4 is 4.90 Å². The van der Waals surface area contributed by atoms with Gasteiger partial charge in [0, 0.05) is 22.4 Å². The zero-order valence-electron chi connectivity index (χ0n) is 27.2. The standard InChI is InChI=1S/C47H35N/c1-47(2)44-18-10-8-17-42(44)43-29-27-38(31-45(43)47)48(37-25-22-33(23-26-37)32-12-4-3-5-13-32)46-19-11-9-16-41(46)36-24-28-40-35(30-36)21-20-34-14-6-7-15-39(34)40/h3-31H,1-2H3. The molecule has 0 saturated heterocycles. The van der Waals surface area contributed by atoms with E-state index in [-0.39, 0.29) is 5.41 Å². The molecule has 0 N–H and O–H groups in total. The Morgan fingerprint density at radius 2 is 0.979 bits per heavy atom. The predicted molar refractivity (Wildman–Crippen MR) is 205 cm³/mol. The van der Waals surface area contributed by atoms with Gasteiger partial charge in [-0.15, -0.1) is 0 Å². The van der Waals surface area contributed by atoms with Crippen molar-refractivity contribution in [3.63, 3.8) is 0 Å². The predicted octanol–water partition coefficient (Wildman–Crippen LogP) is 13.1. The summed E-state index contributed by atoms with van der Waals surface area (Å²) in [5.41, 5.74) is 13.6. The number of para-hydroxylation sites is 1. The second-order valence-electron chi connectivity index (χ2n) is 13.4. The molecule has 0 unspecified atom stereocenters. The minimum Gasteiger partial charge on any atom is -0.310 e. The van der Waals surface area contributed by atoms with Crippen LogP contribution in [0.5, 0.6) is 0 Å². The molecule has 1 aliphatic carbocycles. The molecule has 9 rings (SSSR count). The van der Waals surface area contributed by atoms with Crippen molar-refractivity contribution in [2.45, 2.75) is 19.3 Å². The van der Waals surface area contributed by atoms with Crippen LogP contribution in [-0.2, 0) is 5.41 Å². The zero-order valence-corrected chi connectivity index (χ0v) is 27.2. The highest BCUT2D eigenvalue weighted by atomic mass is 15.1. The fourth-order valence-corrected chi connectivity index (χ4v) is 7.79. The maximum absolute atomic E-state index is 2.44. The van der Waals surface area contributed by atoms with Gasteiger partial charge in [-0.25, -0.2) is 0 Å². The van der Waals surface area contributed by atoms with Crippen molar-refractivity contribution in [1.29, 1.82) is 0 Å². The second-order valence-corrected chi connectivity index (χ2v) is 13.4. The van der Waals surface area contributed by atoms with Gasteiger partial charge >= 0.3 is 0 Å².